The van der Waals surface area contributed by atoms with Crippen LogP contribution in [0.3, 0.4) is 0 Å². The molecule has 2 rings (SSSR count). The van der Waals surface area contributed by atoms with Gasteiger partial charge in [0.2, 0.25) is 0 Å². The van der Waals surface area contributed by atoms with E-state index in [9.17, 15) is 0 Å². The van der Waals surface area contributed by atoms with E-state index < -0.39 is 0 Å². The summed E-state index contributed by atoms with van der Waals surface area (Å²) in [6.07, 6.45) is 7.83. The predicted molar refractivity (Wildman–Crippen MR) is 77.9 cm³/mol. The fourth-order valence-corrected chi connectivity index (χ4v) is 1.62. The lowest BCUT2D eigenvalue weighted by atomic mass is 10.1. The minimum absolute atomic E-state index is 1.13. The number of benzene rings is 2. The number of rotatable bonds is 4. The van der Waals surface area contributed by atoms with Crippen molar-refractivity contribution in [2.24, 2.45) is 0 Å². The van der Waals surface area contributed by atoms with Crippen molar-refractivity contribution >= 4 is 18.2 Å². The average molecular weight is 236 g/mol. The second kappa shape index (κ2) is 6.45. The topological polar surface area (TPSA) is 9.23 Å². The van der Waals surface area contributed by atoms with Gasteiger partial charge in [0, 0.05) is 0 Å². The first kappa shape index (κ1) is 12.2. The first-order valence-electron chi connectivity index (χ1n) is 5.91. The molecular formula is C17H16O. The molecule has 0 radical (unpaired) electrons. The second-order valence-electron chi connectivity index (χ2n) is 3.95. The van der Waals surface area contributed by atoms with E-state index in [1.54, 1.807) is 13.4 Å². The Morgan fingerprint density at radius 3 is 1.72 bits per heavy atom. The number of ether oxygens (including phenoxy) is 1. The summed E-state index contributed by atoms with van der Waals surface area (Å²) in [5.41, 5.74) is 3.53. The summed E-state index contributed by atoms with van der Waals surface area (Å²) in [5, 5.41) is 0. The van der Waals surface area contributed by atoms with Crippen molar-refractivity contribution in [3.63, 3.8) is 0 Å². The lowest BCUT2D eigenvalue weighted by Crippen LogP contribution is -1.75. The number of hydrogen-bond donors (Lipinski definition) is 0. The molecule has 0 atom stereocenters. The fraction of sp³-hybridized carbons (Fsp3) is 0.0588. The average Bonchev–Trinajstić information content (AvgIpc) is 2.45. The van der Waals surface area contributed by atoms with Gasteiger partial charge in [-0.3, -0.25) is 0 Å². The molecular weight excluding hydrogens is 220 g/mol. The van der Waals surface area contributed by atoms with E-state index in [4.69, 9.17) is 4.74 Å². The summed E-state index contributed by atoms with van der Waals surface area (Å²) in [4.78, 5) is 0. The van der Waals surface area contributed by atoms with E-state index >= 15 is 0 Å². The van der Waals surface area contributed by atoms with Gasteiger partial charge >= 0.3 is 0 Å². The molecule has 18 heavy (non-hydrogen) atoms. The molecule has 0 amide bonds. The van der Waals surface area contributed by atoms with E-state index in [0.29, 0.717) is 0 Å². The molecule has 0 heterocycles. The Morgan fingerprint density at radius 1 is 0.667 bits per heavy atom. The Hall–Kier alpha value is -2.28. The van der Waals surface area contributed by atoms with Crippen molar-refractivity contribution in [3.8, 4) is 0 Å². The Kier molecular flexibility index (Phi) is 4.37. The van der Waals surface area contributed by atoms with Crippen LogP contribution in [0.1, 0.15) is 16.7 Å². The van der Waals surface area contributed by atoms with Crippen LogP contribution in [0.4, 0.5) is 0 Å². The van der Waals surface area contributed by atoms with E-state index in [1.165, 1.54) is 11.1 Å². The van der Waals surface area contributed by atoms with Gasteiger partial charge in [-0.05, 0) is 22.8 Å². The van der Waals surface area contributed by atoms with E-state index in [2.05, 4.69) is 48.6 Å². The van der Waals surface area contributed by atoms with Gasteiger partial charge < -0.3 is 4.74 Å². The molecule has 0 unspecified atom stereocenters. The maximum atomic E-state index is 4.89. The second-order valence-corrected chi connectivity index (χ2v) is 3.95. The molecule has 0 aliphatic rings. The molecule has 0 saturated heterocycles. The van der Waals surface area contributed by atoms with Gasteiger partial charge in [0.1, 0.15) is 0 Å². The highest BCUT2D eigenvalue weighted by Gasteiger charge is 1.89. The van der Waals surface area contributed by atoms with Gasteiger partial charge in [-0.1, -0.05) is 66.7 Å². The molecule has 0 bridgehead atoms. The lowest BCUT2D eigenvalue weighted by Gasteiger charge is -1.96. The van der Waals surface area contributed by atoms with Crippen LogP contribution in [-0.4, -0.2) is 7.11 Å². The Morgan fingerprint density at radius 2 is 1.17 bits per heavy atom. The third-order valence-corrected chi connectivity index (χ3v) is 2.60. The zero-order valence-electron chi connectivity index (χ0n) is 10.4. The summed E-state index contributed by atoms with van der Waals surface area (Å²) >= 11 is 0. The molecule has 0 aliphatic carbocycles. The van der Waals surface area contributed by atoms with Crippen LogP contribution in [0.2, 0.25) is 0 Å². The first-order chi connectivity index (χ1) is 8.88. The molecule has 1 heteroatoms. The summed E-state index contributed by atoms with van der Waals surface area (Å²) in [7, 11) is 1.65. The monoisotopic (exact) mass is 236 g/mol. The van der Waals surface area contributed by atoms with E-state index in [1.807, 2.05) is 24.3 Å². The first-order valence-corrected chi connectivity index (χ1v) is 5.91. The normalized spacial score (nSPS) is 11.2. The Balaban J connectivity index is 2.06. The molecule has 1 nitrogen and oxygen atoms in total. The minimum atomic E-state index is 1.13. The summed E-state index contributed by atoms with van der Waals surface area (Å²) in [6, 6.07) is 18.6. The largest absolute Gasteiger partial charge is 0.504 e. The van der Waals surface area contributed by atoms with Crippen molar-refractivity contribution in [1.29, 1.82) is 0 Å². The third-order valence-electron chi connectivity index (χ3n) is 2.60. The lowest BCUT2D eigenvalue weighted by molar-refractivity contribution is 0.341. The zero-order chi connectivity index (χ0) is 12.6. The minimum Gasteiger partial charge on any atom is -0.504 e. The van der Waals surface area contributed by atoms with E-state index in [-0.39, 0.29) is 0 Å². The van der Waals surface area contributed by atoms with Crippen LogP contribution in [0, 0.1) is 0 Å². The number of hydrogen-bond acceptors (Lipinski definition) is 1. The molecule has 0 fully saturated rings. The standard InChI is InChI=1S/C17H16O/c1-18-14-13-17-11-9-16(10-12-17)8-7-15-5-3-2-4-6-15/h2-14H,1H3. The van der Waals surface area contributed by atoms with Crippen molar-refractivity contribution < 1.29 is 4.74 Å². The highest BCUT2D eigenvalue weighted by molar-refractivity contribution is 5.70. The van der Waals surface area contributed by atoms with E-state index in [0.717, 1.165) is 5.56 Å². The highest BCUT2D eigenvalue weighted by atomic mass is 16.5. The molecule has 0 spiro atoms. The van der Waals surface area contributed by atoms with Crippen LogP contribution in [0.5, 0.6) is 0 Å². The predicted octanol–water partition coefficient (Wildman–Crippen LogP) is 4.47. The molecule has 0 aromatic heterocycles. The summed E-state index contributed by atoms with van der Waals surface area (Å²) in [6.45, 7) is 0. The maximum Gasteiger partial charge on any atom is 0.0830 e. The smallest absolute Gasteiger partial charge is 0.0830 e. The molecule has 0 saturated carbocycles. The fourth-order valence-electron chi connectivity index (χ4n) is 1.62. The molecule has 0 N–H and O–H groups in total. The number of methoxy groups -OCH3 is 1. The van der Waals surface area contributed by atoms with Crippen molar-refractivity contribution in [3.05, 3.63) is 77.5 Å². The van der Waals surface area contributed by atoms with Gasteiger partial charge in [0.15, 0.2) is 0 Å². The van der Waals surface area contributed by atoms with Crippen LogP contribution in [0.15, 0.2) is 60.9 Å². The highest BCUT2D eigenvalue weighted by Crippen LogP contribution is 2.10. The van der Waals surface area contributed by atoms with Crippen molar-refractivity contribution in [2.45, 2.75) is 0 Å². The molecule has 90 valence electrons. The van der Waals surface area contributed by atoms with Crippen LogP contribution in [0.25, 0.3) is 18.2 Å². The van der Waals surface area contributed by atoms with Gasteiger partial charge in [-0.25, -0.2) is 0 Å². The molecule has 2 aromatic rings. The maximum absolute atomic E-state index is 4.89. The summed E-state index contributed by atoms with van der Waals surface area (Å²) < 4.78 is 4.89. The molecule has 0 aliphatic heterocycles. The van der Waals surface area contributed by atoms with Crippen LogP contribution < -0.4 is 0 Å². The third kappa shape index (κ3) is 3.63. The Labute approximate surface area is 108 Å². The van der Waals surface area contributed by atoms with Crippen LogP contribution in [-0.2, 0) is 4.74 Å². The van der Waals surface area contributed by atoms with Gasteiger partial charge in [0.05, 0.1) is 13.4 Å². The van der Waals surface area contributed by atoms with Crippen molar-refractivity contribution in [1.82, 2.24) is 0 Å². The quantitative estimate of drug-likeness (QED) is 0.562. The Bertz CT molecular complexity index is 521. The summed E-state index contributed by atoms with van der Waals surface area (Å²) in [5.74, 6) is 0. The zero-order valence-corrected chi connectivity index (χ0v) is 10.4. The van der Waals surface area contributed by atoms with Crippen molar-refractivity contribution in [2.75, 3.05) is 7.11 Å². The SMILES string of the molecule is COC=Cc1ccc(C=Cc2ccccc2)cc1. The van der Waals surface area contributed by atoms with Gasteiger partial charge in [-0.2, -0.15) is 0 Å². The van der Waals surface area contributed by atoms with Crippen LogP contribution >= 0.6 is 0 Å². The van der Waals surface area contributed by atoms with Gasteiger partial charge in [0.25, 0.3) is 0 Å². The van der Waals surface area contributed by atoms with Gasteiger partial charge in [-0.15, -0.1) is 0 Å². The molecule has 2 aromatic carbocycles.